The molecule has 2 aromatic rings. The Morgan fingerprint density at radius 3 is 2.67 bits per heavy atom. The predicted octanol–water partition coefficient (Wildman–Crippen LogP) is 2.17. The average Bonchev–Trinajstić information content (AvgIpc) is 2.47. The molecule has 0 unspecified atom stereocenters. The zero-order valence-electron chi connectivity index (χ0n) is 11.6. The number of nitrogens with one attached hydrogen (secondary N) is 3. The molecule has 1 aromatic carbocycles. The zero-order chi connectivity index (χ0) is 15.1. The van der Waals surface area contributed by atoms with E-state index in [2.05, 4.69) is 37.7 Å². The van der Waals surface area contributed by atoms with E-state index >= 15 is 0 Å². The van der Waals surface area contributed by atoms with Crippen molar-refractivity contribution in [1.29, 1.82) is 0 Å². The highest BCUT2D eigenvalue weighted by atomic mass is 16.1. The Kier molecular flexibility index (Phi) is 4.81. The minimum atomic E-state index is -0.103. The highest BCUT2D eigenvalue weighted by molar-refractivity contribution is 5.88. The number of nitrogens with zero attached hydrogens (tertiary/aromatic N) is 3. The van der Waals surface area contributed by atoms with E-state index in [9.17, 15) is 4.79 Å². The summed E-state index contributed by atoms with van der Waals surface area (Å²) in [5.41, 5.74) is 1.57. The lowest BCUT2D eigenvalue weighted by molar-refractivity contribution is -0.114. The number of rotatable bonds is 6. The first-order valence-corrected chi connectivity index (χ1v) is 6.36. The van der Waals surface area contributed by atoms with Gasteiger partial charge in [-0.15, -0.1) is 11.7 Å². The molecular formula is C14H16N6O. The predicted molar refractivity (Wildman–Crippen MR) is 82.5 cm³/mol. The second-order valence-corrected chi connectivity index (χ2v) is 4.22. The Morgan fingerprint density at radius 1 is 1.29 bits per heavy atom. The van der Waals surface area contributed by atoms with Gasteiger partial charge in [0.05, 0.1) is 6.20 Å². The third-order valence-corrected chi connectivity index (χ3v) is 2.44. The molecule has 0 saturated carbocycles. The van der Waals surface area contributed by atoms with Crippen LogP contribution in [0.25, 0.3) is 0 Å². The Balaban J connectivity index is 2.03. The fourth-order valence-electron chi connectivity index (χ4n) is 1.59. The lowest BCUT2D eigenvalue weighted by Gasteiger charge is -2.08. The molecule has 0 aliphatic rings. The van der Waals surface area contributed by atoms with E-state index < -0.39 is 0 Å². The van der Waals surface area contributed by atoms with Crippen molar-refractivity contribution in [3.8, 4) is 0 Å². The molecule has 0 fully saturated rings. The molecule has 21 heavy (non-hydrogen) atoms. The summed E-state index contributed by atoms with van der Waals surface area (Å²) in [5, 5.41) is 16.5. The molecule has 0 aliphatic heterocycles. The Hall–Kier alpha value is -2.96. The summed E-state index contributed by atoms with van der Waals surface area (Å²) >= 11 is 0. The molecule has 7 heteroatoms. The fourth-order valence-corrected chi connectivity index (χ4v) is 1.59. The molecule has 0 bridgehead atoms. The molecule has 108 valence electrons. The Labute approximate surface area is 122 Å². The van der Waals surface area contributed by atoms with Crippen LogP contribution in [0.15, 0.2) is 43.1 Å². The summed E-state index contributed by atoms with van der Waals surface area (Å²) in [6.45, 7) is 5.65. The zero-order valence-corrected chi connectivity index (χ0v) is 11.6. The van der Waals surface area contributed by atoms with Gasteiger partial charge in [-0.1, -0.05) is 6.08 Å². The van der Waals surface area contributed by atoms with Crippen LogP contribution < -0.4 is 16.0 Å². The van der Waals surface area contributed by atoms with E-state index in [4.69, 9.17) is 0 Å². The molecule has 0 radical (unpaired) electrons. The number of hydrogen-bond donors (Lipinski definition) is 3. The standard InChI is InChI=1S/C14H16N6O/c1-3-8-15-14-19-13(9-16-20-14)18-12-6-4-11(5-7-12)17-10(2)21/h3-7,9H,1,8H2,2H3,(H,17,21)(H2,15,18,19,20). The molecule has 0 saturated heterocycles. The molecule has 0 atom stereocenters. The average molecular weight is 284 g/mol. The normalized spacial score (nSPS) is 9.76. The van der Waals surface area contributed by atoms with Gasteiger partial charge in [0.15, 0.2) is 5.82 Å². The van der Waals surface area contributed by atoms with Crippen LogP contribution >= 0.6 is 0 Å². The summed E-state index contributed by atoms with van der Waals surface area (Å²) in [4.78, 5) is 15.2. The van der Waals surface area contributed by atoms with Gasteiger partial charge in [-0.05, 0) is 24.3 Å². The first-order chi connectivity index (χ1) is 10.2. The molecule has 0 spiro atoms. The number of anilines is 4. The Bertz CT molecular complexity index is 626. The second-order valence-electron chi connectivity index (χ2n) is 4.22. The van der Waals surface area contributed by atoms with Gasteiger partial charge < -0.3 is 16.0 Å². The van der Waals surface area contributed by atoms with Gasteiger partial charge in [-0.2, -0.15) is 10.1 Å². The minimum Gasteiger partial charge on any atom is -0.349 e. The molecule has 7 nitrogen and oxygen atoms in total. The summed E-state index contributed by atoms with van der Waals surface area (Å²) < 4.78 is 0. The topological polar surface area (TPSA) is 91.8 Å². The summed E-state index contributed by atoms with van der Waals surface area (Å²) in [6.07, 6.45) is 3.24. The summed E-state index contributed by atoms with van der Waals surface area (Å²) in [6, 6.07) is 7.28. The van der Waals surface area contributed by atoms with Gasteiger partial charge in [-0.25, -0.2) is 0 Å². The number of amides is 1. The van der Waals surface area contributed by atoms with E-state index in [1.165, 1.54) is 13.1 Å². The lowest BCUT2D eigenvalue weighted by atomic mass is 10.3. The maximum absolute atomic E-state index is 10.9. The summed E-state index contributed by atoms with van der Waals surface area (Å²) in [7, 11) is 0. The van der Waals surface area contributed by atoms with Gasteiger partial charge in [0.25, 0.3) is 0 Å². The monoisotopic (exact) mass is 284 g/mol. The number of carbonyl (C=O) groups is 1. The molecule has 1 amide bonds. The SMILES string of the molecule is C=CCNc1nncc(Nc2ccc(NC(C)=O)cc2)n1. The van der Waals surface area contributed by atoms with Crippen molar-refractivity contribution in [3.63, 3.8) is 0 Å². The van der Waals surface area contributed by atoms with Crippen molar-refractivity contribution in [2.45, 2.75) is 6.92 Å². The Morgan fingerprint density at radius 2 is 2.00 bits per heavy atom. The van der Waals surface area contributed by atoms with Crippen molar-refractivity contribution in [3.05, 3.63) is 43.1 Å². The van der Waals surface area contributed by atoms with Crippen LogP contribution in [0.4, 0.5) is 23.1 Å². The quantitative estimate of drug-likeness (QED) is 0.704. The van der Waals surface area contributed by atoms with Crippen molar-refractivity contribution in [2.75, 3.05) is 22.5 Å². The van der Waals surface area contributed by atoms with Gasteiger partial charge in [0.1, 0.15) is 0 Å². The van der Waals surface area contributed by atoms with E-state index in [-0.39, 0.29) is 5.91 Å². The van der Waals surface area contributed by atoms with E-state index in [1.54, 1.807) is 18.2 Å². The molecule has 2 rings (SSSR count). The van der Waals surface area contributed by atoms with Crippen LogP contribution in [0.5, 0.6) is 0 Å². The molecule has 0 aliphatic carbocycles. The lowest BCUT2D eigenvalue weighted by Crippen LogP contribution is -2.06. The maximum atomic E-state index is 10.9. The maximum Gasteiger partial charge on any atom is 0.244 e. The van der Waals surface area contributed by atoms with Crippen LogP contribution in [-0.4, -0.2) is 27.6 Å². The largest absolute Gasteiger partial charge is 0.349 e. The number of carbonyl (C=O) groups excluding carboxylic acids is 1. The number of aromatic nitrogens is 3. The molecule has 3 N–H and O–H groups in total. The van der Waals surface area contributed by atoms with E-state index in [0.29, 0.717) is 18.3 Å². The van der Waals surface area contributed by atoms with Crippen LogP contribution in [0, 0.1) is 0 Å². The highest BCUT2D eigenvalue weighted by Crippen LogP contribution is 2.17. The number of benzene rings is 1. The third-order valence-electron chi connectivity index (χ3n) is 2.44. The fraction of sp³-hybridized carbons (Fsp3) is 0.143. The molecule has 1 aromatic heterocycles. The van der Waals surface area contributed by atoms with E-state index in [0.717, 1.165) is 11.4 Å². The van der Waals surface area contributed by atoms with Crippen LogP contribution in [0.3, 0.4) is 0 Å². The minimum absolute atomic E-state index is 0.103. The number of hydrogen-bond acceptors (Lipinski definition) is 6. The highest BCUT2D eigenvalue weighted by Gasteiger charge is 2.01. The first kappa shape index (κ1) is 14.4. The van der Waals surface area contributed by atoms with Crippen LogP contribution in [0.2, 0.25) is 0 Å². The summed E-state index contributed by atoms with van der Waals surface area (Å²) in [5.74, 6) is 0.896. The van der Waals surface area contributed by atoms with Crippen LogP contribution in [0.1, 0.15) is 6.92 Å². The van der Waals surface area contributed by atoms with Crippen molar-refractivity contribution < 1.29 is 4.79 Å². The van der Waals surface area contributed by atoms with Gasteiger partial charge in [0.2, 0.25) is 11.9 Å². The van der Waals surface area contributed by atoms with Gasteiger partial charge >= 0.3 is 0 Å². The van der Waals surface area contributed by atoms with Crippen LogP contribution in [-0.2, 0) is 4.79 Å². The first-order valence-electron chi connectivity index (χ1n) is 6.36. The van der Waals surface area contributed by atoms with Crippen molar-refractivity contribution in [2.24, 2.45) is 0 Å². The smallest absolute Gasteiger partial charge is 0.244 e. The van der Waals surface area contributed by atoms with Gasteiger partial charge in [0, 0.05) is 24.8 Å². The van der Waals surface area contributed by atoms with E-state index in [1.807, 2.05) is 12.1 Å². The van der Waals surface area contributed by atoms with Crippen molar-refractivity contribution >= 4 is 29.0 Å². The van der Waals surface area contributed by atoms with Gasteiger partial charge in [-0.3, -0.25) is 4.79 Å². The molecule has 1 heterocycles. The molecular weight excluding hydrogens is 268 g/mol. The van der Waals surface area contributed by atoms with Crippen molar-refractivity contribution in [1.82, 2.24) is 15.2 Å². The third kappa shape index (κ3) is 4.57. The second kappa shape index (κ2) is 6.99.